The number of ether oxygens (including phenoxy) is 1. The highest BCUT2D eigenvalue weighted by Crippen LogP contribution is 2.31. The van der Waals surface area contributed by atoms with Crippen LogP contribution in [0.1, 0.15) is 41.0 Å². The molecule has 1 aliphatic heterocycles. The molecule has 14 heavy (non-hydrogen) atoms. The fraction of sp³-hybridized carbons (Fsp3) is 0.909. The first-order chi connectivity index (χ1) is 6.54. The number of carbonyl (C=O) groups excluding carboxylic acids is 1. The van der Waals surface area contributed by atoms with Gasteiger partial charge in [0.2, 0.25) is 5.91 Å². The van der Waals surface area contributed by atoms with Gasteiger partial charge in [0.05, 0.1) is 6.61 Å². The largest absolute Gasteiger partial charge is 0.381 e. The highest BCUT2D eigenvalue weighted by molar-refractivity contribution is 5.73. The number of carbonyl (C=O) groups is 1. The molecule has 1 amide bonds. The van der Waals surface area contributed by atoms with Crippen molar-refractivity contribution in [1.29, 1.82) is 0 Å². The molecule has 0 aliphatic carbocycles. The number of nitrogens with one attached hydrogen (secondary N) is 1. The van der Waals surface area contributed by atoms with Crippen molar-refractivity contribution >= 4 is 5.91 Å². The summed E-state index contributed by atoms with van der Waals surface area (Å²) in [7, 11) is 0. The Morgan fingerprint density at radius 1 is 1.50 bits per heavy atom. The predicted octanol–water partition coefficient (Wildman–Crippen LogP) is 1.96. The summed E-state index contributed by atoms with van der Waals surface area (Å²) in [6.45, 7) is 11.3. The lowest BCUT2D eigenvalue weighted by atomic mass is 9.82. The second kappa shape index (κ2) is 6.02. The Balaban J connectivity index is 0.000000791. The second-order valence-electron chi connectivity index (χ2n) is 3.88. The van der Waals surface area contributed by atoms with E-state index in [-0.39, 0.29) is 17.4 Å². The van der Waals surface area contributed by atoms with Crippen LogP contribution in [0.2, 0.25) is 0 Å². The first-order valence-corrected chi connectivity index (χ1v) is 5.39. The van der Waals surface area contributed by atoms with Crippen molar-refractivity contribution in [2.75, 3.05) is 13.2 Å². The Hall–Kier alpha value is -0.570. The molecule has 2 unspecified atom stereocenters. The lowest BCUT2D eigenvalue weighted by Crippen LogP contribution is -2.43. The van der Waals surface area contributed by atoms with E-state index in [0.717, 1.165) is 19.6 Å². The molecule has 0 aromatic rings. The average Bonchev–Trinajstić information content (AvgIpc) is 2.56. The van der Waals surface area contributed by atoms with Crippen LogP contribution in [-0.2, 0) is 9.53 Å². The normalized spacial score (nSPS) is 27.5. The van der Waals surface area contributed by atoms with Gasteiger partial charge < -0.3 is 10.1 Å². The molecule has 0 aromatic carbocycles. The quantitative estimate of drug-likeness (QED) is 0.741. The first-order valence-electron chi connectivity index (χ1n) is 5.39. The highest BCUT2D eigenvalue weighted by atomic mass is 16.5. The summed E-state index contributed by atoms with van der Waals surface area (Å²) >= 11 is 0. The standard InChI is InChI=1S/C9H17NO2.C2H6/c1-7(10-8(2)11)9(3)4-5-12-6-9;1-2/h7H,4-6H2,1-3H3,(H,10,11);1-2H3. The van der Waals surface area contributed by atoms with Crippen molar-refractivity contribution in [3.05, 3.63) is 0 Å². The molecule has 2 atom stereocenters. The Morgan fingerprint density at radius 3 is 2.43 bits per heavy atom. The van der Waals surface area contributed by atoms with Crippen LogP contribution in [-0.4, -0.2) is 25.2 Å². The molecular formula is C11H23NO2. The van der Waals surface area contributed by atoms with Gasteiger partial charge in [0.15, 0.2) is 0 Å². The third kappa shape index (κ3) is 3.66. The fourth-order valence-electron chi connectivity index (χ4n) is 1.50. The number of hydrogen-bond donors (Lipinski definition) is 1. The summed E-state index contributed by atoms with van der Waals surface area (Å²) in [5.41, 5.74) is 0.131. The maximum absolute atomic E-state index is 10.8. The van der Waals surface area contributed by atoms with Crippen molar-refractivity contribution in [2.45, 2.75) is 47.1 Å². The molecule has 3 heteroatoms. The summed E-state index contributed by atoms with van der Waals surface area (Å²) in [4.78, 5) is 10.8. The molecule has 1 fully saturated rings. The van der Waals surface area contributed by atoms with Gasteiger partial charge in [0.25, 0.3) is 0 Å². The van der Waals surface area contributed by atoms with E-state index in [9.17, 15) is 4.79 Å². The fourth-order valence-corrected chi connectivity index (χ4v) is 1.50. The van der Waals surface area contributed by atoms with Gasteiger partial charge in [-0.25, -0.2) is 0 Å². The van der Waals surface area contributed by atoms with Crippen LogP contribution in [0.15, 0.2) is 0 Å². The lowest BCUT2D eigenvalue weighted by Gasteiger charge is -2.29. The van der Waals surface area contributed by atoms with Crippen LogP contribution in [0.25, 0.3) is 0 Å². The molecule has 1 aliphatic rings. The average molecular weight is 201 g/mol. The smallest absolute Gasteiger partial charge is 0.217 e. The van der Waals surface area contributed by atoms with Gasteiger partial charge in [-0.2, -0.15) is 0 Å². The van der Waals surface area contributed by atoms with E-state index in [1.807, 2.05) is 20.8 Å². The molecule has 0 bridgehead atoms. The minimum absolute atomic E-state index is 0.0376. The molecule has 1 heterocycles. The highest BCUT2D eigenvalue weighted by Gasteiger charge is 2.35. The monoisotopic (exact) mass is 201 g/mol. The summed E-state index contributed by atoms with van der Waals surface area (Å²) in [5, 5.41) is 2.91. The zero-order chi connectivity index (χ0) is 11.2. The van der Waals surface area contributed by atoms with E-state index >= 15 is 0 Å². The zero-order valence-electron chi connectivity index (χ0n) is 10.0. The van der Waals surface area contributed by atoms with Crippen LogP contribution in [0.4, 0.5) is 0 Å². The maximum Gasteiger partial charge on any atom is 0.217 e. The van der Waals surface area contributed by atoms with Crippen LogP contribution in [0.3, 0.4) is 0 Å². The topological polar surface area (TPSA) is 38.3 Å². The van der Waals surface area contributed by atoms with E-state index in [1.54, 1.807) is 6.92 Å². The SMILES string of the molecule is CC.CC(=O)NC(C)C1(C)CCOC1. The molecule has 1 saturated heterocycles. The Morgan fingerprint density at radius 2 is 2.07 bits per heavy atom. The molecule has 0 aromatic heterocycles. The summed E-state index contributed by atoms with van der Waals surface area (Å²) in [5.74, 6) is 0.0376. The van der Waals surface area contributed by atoms with Gasteiger partial charge in [-0.15, -0.1) is 0 Å². The van der Waals surface area contributed by atoms with E-state index in [4.69, 9.17) is 4.74 Å². The van der Waals surface area contributed by atoms with Crippen molar-refractivity contribution in [3.8, 4) is 0 Å². The summed E-state index contributed by atoms with van der Waals surface area (Å²) in [6.07, 6.45) is 1.04. The third-order valence-electron chi connectivity index (χ3n) is 2.71. The van der Waals surface area contributed by atoms with E-state index in [0.29, 0.717) is 0 Å². The maximum atomic E-state index is 10.8. The molecular weight excluding hydrogens is 178 g/mol. The van der Waals surface area contributed by atoms with E-state index in [1.165, 1.54) is 0 Å². The minimum Gasteiger partial charge on any atom is -0.381 e. The van der Waals surface area contributed by atoms with Crippen molar-refractivity contribution in [2.24, 2.45) is 5.41 Å². The zero-order valence-corrected chi connectivity index (χ0v) is 10.0. The molecule has 1 N–H and O–H groups in total. The first kappa shape index (κ1) is 13.4. The van der Waals surface area contributed by atoms with Crippen LogP contribution in [0, 0.1) is 5.41 Å². The van der Waals surface area contributed by atoms with Gasteiger partial charge in [-0.3, -0.25) is 4.79 Å². The van der Waals surface area contributed by atoms with E-state index < -0.39 is 0 Å². The Bertz CT molecular complexity index is 174. The number of rotatable bonds is 2. The Labute approximate surface area is 87.2 Å². The number of hydrogen-bond acceptors (Lipinski definition) is 2. The van der Waals surface area contributed by atoms with Gasteiger partial charge in [-0.05, 0) is 13.3 Å². The predicted molar refractivity (Wildman–Crippen MR) is 58.2 cm³/mol. The summed E-state index contributed by atoms with van der Waals surface area (Å²) < 4.78 is 5.31. The molecule has 0 saturated carbocycles. The van der Waals surface area contributed by atoms with Gasteiger partial charge >= 0.3 is 0 Å². The molecule has 0 spiro atoms. The molecule has 84 valence electrons. The lowest BCUT2D eigenvalue weighted by molar-refractivity contribution is -0.120. The minimum atomic E-state index is 0.0376. The molecule has 0 radical (unpaired) electrons. The van der Waals surface area contributed by atoms with Crippen molar-refractivity contribution in [1.82, 2.24) is 5.32 Å². The van der Waals surface area contributed by atoms with Crippen LogP contribution < -0.4 is 5.32 Å². The summed E-state index contributed by atoms with van der Waals surface area (Å²) in [6, 6.07) is 0.206. The van der Waals surface area contributed by atoms with Crippen LogP contribution >= 0.6 is 0 Å². The molecule has 1 rings (SSSR count). The third-order valence-corrected chi connectivity index (χ3v) is 2.71. The van der Waals surface area contributed by atoms with Gasteiger partial charge in [-0.1, -0.05) is 20.8 Å². The van der Waals surface area contributed by atoms with Gasteiger partial charge in [0.1, 0.15) is 0 Å². The van der Waals surface area contributed by atoms with E-state index in [2.05, 4.69) is 12.2 Å². The number of amides is 1. The van der Waals surface area contributed by atoms with Crippen molar-refractivity contribution < 1.29 is 9.53 Å². The molecule has 3 nitrogen and oxygen atoms in total. The van der Waals surface area contributed by atoms with Crippen molar-refractivity contribution in [3.63, 3.8) is 0 Å². The van der Waals surface area contributed by atoms with Crippen LogP contribution in [0.5, 0.6) is 0 Å². The second-order valence-corrected chi connectivity index (χ2v) is 3.88. The van der Waals surface area contributed by atoms with Gasteiger partial charge in [0, 0.05) is 25.0 Å². The Kier molecular flexibility index (Phi) is 5.77.